The molecule has 1 aromatic rings. The first-order valence-electron chi connectivity index (χ1n) is 6.24. The molecule has 1 atom stereocenters. The maximum absolute atomic E-state index is 11.1. The summed E-state index contributed by atoms with van der Waals surface area (Å²) >= 11 is 0. The van der Waals surface area contributed by atoms with Gasteiger partial charge in [0.15, 0.2) is 0 Å². The van der Waals surface area contributed by atoms with E-state index in [2.05, 4.69) is 5.32 Å². The fourth-order valence-electron chi connectivity index (χ4n) is 1.42. The highest BCUT2D eigenvalue weighted by atomic mass is 16.5. The summed E-state index contributed by atoms with van der Waals surface area (Å²) in [6.45, 7) is 5.71. The molecule has 106 valence electrons. The minimum absolute atomic E-state index is 0.158. The van der Waals surface area contributed by atoms with Gasteiger partial charge < -0.3 is 20.9 Å². The average Bonchev–Trinajstić information content (AvgIpc) is 2.34. The van der Waals surface area contributed by atoms with Crippen molar-refractivity contribution in [3.63, 3.8) is 0 Å². The van der Waals surface area contributed by atoms with Gasteiger partial charge in [-0.3, -0.25) is 4.79 Å². The molecule has 4 N–H and O–H groups in total. The number of carbonyl (C=O) groups is 1. The molecule has 1 amide bonds. The summed E-state index contributed by atoms with van der Waals surface area (Å²) in [5.74, 6) is 0.257. The van der Waals surface area contributed by atoms with Crippen LogP contribution in [0.1, 0.15) is 19.4 Å². The lowest BCUT2D eigenvalue weighted by Gasteiger charge is -2.24. The number of aliphatic hydroxyl groups is 1. The highest BCUT2D eigenvalue weighted by Gasteiger charge is 2.24. The maximum atomic E-state index is 11.1. The van der Waals surface area contributed by atoms with Crippen LogP contribution in [-0.2, 0) is 4.79 Å². The van der Waals surface area contributed by atoms with Crippen molar-refractivity contribution in [1.29, 1.82) is 0 Å². The molecule has 0 radical (unpaired) electrons. The summed E-state index contributed by atoms with van der Waals surface area (Å²) in [6.07, 6.45) is -0.709. The lowest BCUT2D eigenvalue weighted by molar-refractivity contribution is -0.123. The molecule has 19 heavy (non-hydrogen) atoms. The van der Waals surface area contributed by atoms with Crippen LogP contribution in [0.4, 0.5) is 0 Å². The van der Waals surface area contributed by atoms with Crippen molar-refractivity contribution in [3.8, 4) is 5.75 Å². The lowest BCUT2D eigenvalue weighted by Crippen LogP contribution is -2.53. The van der Waals surface area contributed by atoms with Crippen LogP contribution in [0.25, 0.3) is 0 Å². The average molecular weight is 266 g/mol. The summed E-state index contributed by atoms with van der Waals surface area (Å²) in [5, 5.41) is 12.7. The smallest absolute Gasteiger partial charge is 0.237 e. The van der Waals surface area contributed by atoms with Gasteiger partial charge in [0.1, 0.15) is 18.5 Å². The third-order valence-corrected chi connectivity index (χ3v) is 2.83. The number of hydrogen-bond donors (Lipinski definition) is 3. The van der Waals surface area contributed by atoms with E-state index in [4.69, 9.17) is 10.5 Å². The summed E-state index contributed by atoms with van der Waals surface area (Å²) in [6, 6.07) is 7.60. The van der Waals surface area contributed by atoms with Crippen molar-refractivity contribution in [1.82, 2.24) is 5.32 Å². The van der Waals surface area contributed by atoms with Crippen LogP contribution in [-0.4, -0.2) is 35.8 Å². The summed E-state index contributed by atoms with van der Waals surface area (Å²) in [5.41, 5.74) is 5.48. The third-order valence-electron chi connectivity index (χ3n) is 2.83. The van der Waals surface area contributed by atoms with Crippen molar-refractivity contribution in [2.75, 3.05) is 13.2 Å². The minimum Gasteiger partial charge on any atom is -0.491 e. The molecule has 0 aromatic heterocycles. The molecule has 0 aliphatic heterocycles. The zero-order chi connectivity index (χ0) is 14.5. The van der Waals surface area contributed by atoms with Gasteiger partial charge in [0.25, 0.3) is 0 Å². The number of carbonyl (C=O) groups excluding carboxylic acids is 1. The first kappa shape index (κ1) is 15.5. The van der Waals surface area contributed by atoms with Gasteiger partial charge in [-0.2, -0.15) is 0 Å². The van der Waals surface area contributed by atoms with E-state index in [0.717, 1.165) is 5.56 Å². The number of amides is 1. The van der Waals surface area contributed by atoms with E-state index in [1.807, 2.05) is 31.2 Å². The molecule has 5 nitrogen and oxygen atoms in total. The molecule has 0 aliphatic carbocycles. The largest absolute Gasteiger partial charge is 0.491 e. The number of nitrogens with two attached hydrogens (primary N) is 1. The molecule has 0 bridgehead atoms. The normalized spacial score (nSPS) is 13.1. The van der Waals surface area contributed by atoms with E-state index in [-0.39, 0.29) is 13.2 Å². The summed E-state index contributed by atoms with van der Waals surface area (Å²) in [7, 11) is 0. The van der Waals surface area contributed by atoms with Crippen LogP contribution in [0.2, 0.25) is 0 Å². The summed E-state index contributed by atoms with van der Waals surface area (Å²) in [4.78, 5) is 11.1. The number of aryl methyl sites for hydroxylation is 1. The Labute approximate surface area is 113 Å². The Bertz CT molecular complexity index is 432. The first-order chi connectivity index (χ1) is 8.81. The third kappa shape index (κ3) is 5.28. The zero-order valence-corrected chi connectivity index (χ0v) is 11.6. The van der Waals surface area contributed by atoms with Crippen LogP contribution >= 0.6 is 0 Å². The molecular formula is C14H22N2O3. The number of hydrogen-bond acceptors (Lipinski definition) is 4. The Morgan fingerprint density at radius 1 is 1.53 bits per heavy atom. The Balaban J connectivity index is 2.36. The molecular weight excluding hydrogens is 244 g/mol. The highest BCUT2D eigenvalue weighted by molar-refractivity contribution is 5.83. The monoisotopic (exact) mass is 266 g/mol. The Hall–Kier alpha value is -1.59. The number of rotatable bonds is 7. The van der Waals surface area contributed by atoms with Gasteiger partial charge in [-0.15, -0.1) is 0 Å². The molecule has 0 saturated carbocycles. The predicted octanol–water partition coefficient (Wildman–Crippen LogP) is 0.588. The van der Waals surface area contributed by atoms with Gasteiger partial charge in [-0.25, -0.2) is 0 Å². The summed E-state index contributed by atoms with van der Waals surface area (Å²) < 4.78 is 5.47. The van der Waals surface area contributed by atoms with Crippen molar-refractivity contribution >= 4 is 5.91 Å². The van der Waals surface area contributed by atoms with Crippen LogP contribution in [0, 0.1) is 6.92 Å². The Morgan fingerprint density at radius 3 is 2.79 bits per heavy atom. The number of aliphatic hydroxyl groups excluding tert-OH is 1. The quantitative estimate of drug-likeness (QED) is 0.674. The second-order valence-corrected chi connectivity index (χ2v) is 5.15. The molecule has 1 aromatic carbocycles. The number of benzene rings is 1. The van der Waals surface area contributed by atoms with E-state index >= 15 is 0 Å². The zero-order valence-electron chi connectivity index (χ0n) is 11.6. The highest BCUT2D eigenvalue weighted by Crippen LogP contribution is 2.12. The van der Waals surface area contributed by atoms with E-state index in [1.165, 1.54) is 0 Å². The molecule has 1 rings (SSSR count). The number of ether oxygens (including phenoxy) is 1. The second kappa shape index (κ2) is 6.54. The van der Waals surface area contributed by atoms with Gasteiger partial charge in [-0.1, -0.05) is 12.1 Å². The Morgan fingerprint density at radius 2 is 2.21 bits per heavy atom. The lowest BCUT2D eigenvalue weighted by atomic mass is 10.1. The number of primary amides is 1. The molecule has 0 spiro atoms. The van der Waals surface area contributed by atoms with Crippen LogP contribution in [0.15, 0.2) is 24.3 Å². The van der Waals surface area contributed by atoms with E-state index < -0.39 is 17.6 Å². The van der Waals surface area contributed by atoms with Crippen LogP contribution < -0.4 is 15.8 Å². The second-order valence-electron chi connectivity index (χ2n) is 5.15. The fourth-order valence-corrected chi connectivity index (χ4v) is 1.42. The van der Waals surface area contributed by atoms with Crippen molar-refractivity contribution < 1.29 is 14.6 Å². The van der Waals surface area contributed by atoms with Gasteiger partial charge in [0, 0.05) is 6.54 Å². The van der Waals surface area contributed by atoms with Crippen LogP contribution in [0.5, 0.6) is 5.75 Å². The van der Waals surface area contributed by atoms with E-state index in [0.29, 0.717) is 5.75 Å². The van der Waals surface area contributed by atoms with E-state index in [1.54, 1.807) is 13.8 Å². The number of β-amino-alcohol motifs (C(OH)–C–C–N with tert-alkyl or cyclic N) is 1. The van der Waals surface area contributed by atoms with Gasteiger partial charge in [0.2, 0.25) is 5.91 Å². The number of nitrogens with one attached hydrogen (secondary N) is 1. The topological polar surface area (TPSA) is 84.6 Å². The SMILES string of the molecule is Cc1cccc(OCC(O)CNC(C)(C)C(N)=O)c1. The molecule has 0 saturated heterocycles. The molecule has 0 aliphatic rings. The van der Waals surface area contributed by atoms with Gasteiger partial charge >= 0.3 is 0 Å². The minimum atomic E-state index is -0.843. The predicted molar refractivity (Wildman–Crippen MR) is 74.0 cm³/mol. The van der Waals surface area contributed by atoms with Gasteiger partial charge in [0.05, 0.1) is 5.54 Å². The standard InChI is InChI=1S/C14H22N2O3/c1-10-5-4-6-12(7-10)19-9-11(17)8-16-14(2,3)13(15)18/h4-7,11,16-17H,8-9H2,1-3H3,(H2,15,18). The molecule has 0 fully saturated rings. The van der Waals surface area contributed by atoms with Crippen molar-refractivity contribution in [3.05, 3.63) is 29.8 Å². The van der Waals surface area contributed by atoms with Gasteiger partial charge in [-0.05, 0) is 38.5 Å². The molecule has 0 heterocycles. The van der Waals surface area contributed by atoms with Crippen molar-refractivity contribution in [2.45, 2.75) is 32.4 Å². The molecule has 5 heteroatoms. The van der Waals surface area contributed by atoms with Crippen LogP contribution in [0.3, 0.4) is 0 Å². The molecule has 1 unspecified atom stereocenters. The van der Waals surface area contributed by atoms with Crippen molar-refractivity contribution in [2.24, 2.45) is 5.73 Å². The van der Waals surface area contributed by atoms with E-state index in [9.17, 15) is 9.90 Å². The maximum Gasteiger partial charge on any atom is 0.237 e. The fraction of sp³-hybridized carbons (Fsp3) is 0.500. The Kier molecular flexibility index (Phi) is 5.32. The first-order valence-corrected chi connectivity index (χ1v) is 6.24.